The predicted octanol–water partition coefficient (Wildman–Crippen LogP) is 3.59. The number of rotatable bonds is 4. The molecule has 9 heteroatoms. The smallest absolute Gasteiger partial charge is 0.270 e. The van der Waals surface area contributed by atoms with Crippen molar-refractivity contribution < 1.29 is 22.8 Å². The summed E-state index contributed by atoms with van der Waals surface area (Å²) < 4.78 is 39.7. The molecule has 1 fully saturated rings. The molecule has 0 saturated carbocycles. The highest BCUT2D eigenvalue weighted by atomic mass is 32.2. The van der Waals surface area contributed by atoms with Crippen LogP contribution >= 0.6 is 0 Å². The minimum atomic E-state index is -3.89. The summed E-state index contributed by atoms with van der Waals surface area (Å²) in [7, 11) is -3.89. The molecule has 0 unspecified atom stereocenters. The van der Waals surface area contributed by atoms with Gasteiger partial charge in [-0.2, -0.15) is 4.31 Å². The normalized spacial score (nSPS) is 19.7. The van der Waals surface area contributed by atoms with E-state index >= 15 is 0 Å². The number of benzene rings is 2. The first-order valence-electron chi connectivity index (χ1n) is 9.54. The number of nitro groups is 1. The van der Waals surface area contributed by atoms with E-state index in [2.05, 4.69) is 0 Å². The van der Waals surface area contributed by atoms with Crippen molar-refractivity contribution in [1.82, 2.24) is 4.31 Å². The fraction of sp³-hybridized carbons (Fsp3) is 0.400. The van der Waals surface area contributed by atoms with Gasteiger partial charge in [0.25, 0.3) is 5.69 Å². The van der Waals surface area contributed by atoms with E-state index in [1.54, 1.807) is 6.92 Å². The standard InChI is InChI=1S/C20H22N2O6S/c1-14-5-7-16(22(23)24)13-20(14)29(25,26)21-9-2-4-17(21)15-6-8-18-19(12-15)28-11-3-10-27-18/h5-8,12-13,17H,2-4,9-11H2,1H3/t17-/m1/s1. The van der Waals surface area contributed by atoms with Crippen LogP contribution in [-0.4, -0.2) is 37.4 Å². The number of hydrogen-bond donors (Lipinski definition) is 0. The molecule has 2 aromatic rings. The Morgan fingerprint density at radius 3 is 2.59 bits per heavy atom. The van der Waals surface area contributed by atoms with Gasteiger partial charge < -0.3 is 9.47 Å². The molecule has 0 spiro atoms. The molecule has 1 saturated heterocycles. The second-order valence-corrected chi connectivity index (χ2v) is 9.10. The van der Waals surface area contributed by atoms with E-state index in [1.807, 2.05) is 18.2 Å². The zero-order chi connectivity index (χ0) is 20.6. The number of aryl methyl sites for hydroxylation is 1. The first-order valence-corrected chi connectivity index (χ1v) is 11.0. The summed E-state index contributed by atoms with van der Waals surface area (Å²) in [4.78, 5) is 10.5. The summed E-state index contributed by atoms with van der Waals surface area (Å²) >= 11 is 0. The van der Waals surface area contributed by atoms with Gasteiger partial charge in [0.05, 0.1) is 29.1 Å². The summed E-state index contributed by atoms with van der Waals surface area (Å²) in [6.07, 6.45) is 2.18. The summed E-state index contributed by atoms with van der Waals surface area (Å²) in [5.41, 5.74) is 1.08. The number of fused-ring (bicyclic) bond motifs is 1. The van der Waals surface area contributed by atoms with Crippen LogP contribution in [0.1, 0.15) is 36.4 Å². The van der Waals surface area contributed by atoms with Gasteiger partial charge in [0.2, 0.25) is 10.0 Å². The van der Waals surface area contributed by atoms with Crippen LogP contribution in [0.25, 0.3) is 0 Å². The van der Waals surface area contributed by atoms with Crippen LogP contribution in [0, 0.1) is 17.0 Å². The molecule has 2 aliphatic rings. The van der Waals surface area contributed by atoms with Crippen LogP contribution in [0.5, 0.6) is 11.5 Å². The SMILES string of the molecule is Cc1ccc([N+](=O)[O-])cc1S(=O)(=O)N1CCC[C@@H]1c1ccc2c(c1)OCCCO2. The van der Waals surface area contributed by atoms with Gasteiger partial charge in [-0.15, -0.1) is 0 Å². The second-order valence-electron chi connectivity index (χ2n) is 7.24. The molecule has 8 nitrogen and oxygen atoms in total. The van der Waals surface area contributed by atoms with Crippen LogP contribution < -0.4 is 9.47 Å². The molecule has 2 aliphatic heterocycles. The molecule has 0 aliphatic carbocycles. The van der Waals surface area contributed by atoms with Gasteiger partial charge in [-0.3, -0.25) is 10.1 Å². The molecule has 0 N–H and O–H groups in total. The maximum Gasteiger partial charge on any atom is 0.270 e. The fourth-order valence-corrected chi connectivity index (χ4v) is 5.78. The molecular weight excluding hydrogens is 396 g/mol. The van der Waals surface area contributed by atoms with Gasteiger partial charge in [-0.25, -0.2) is 8.42 Å². The molecule has 4 rings (SSSR count). The molecule has 2 heterocycles. The van der Waals surface area contributed by atoms with Gasteiger partial charge in [-0.05, 0) is 43.0 Å². The highest BCUT2D eigenvalue weighted by molar-refractivity contribution is 7.89. The zero-order valence-corrected chi connectivity index (χ0v) is 16.9. The first-order chi connectivity index (χ1) is 13.9. The van der Waals surface area contributed by atoms with Crippen molar-refractivity contribution in [3.63, 3.8) is 0 Å². The maximum atomic E-state index is 13.4. The van der Waals surface area contributed by atoms with E-state index in [-0.39, 0.29) is 16.6 Å². The van der Waals surface area contributed by atoms with Crippen molar-refractivity contribution in [2.75, 3.05) is 19.8 Å². The summed E-state index contributed by atoms with van der Waals surface area (Å²) in [6.45, 7) is 3.15. The third-order valence-electron chi connectivity index (χ3n) is 5.33. The highest BCUT2D eigenvalue weighted by Crippen LogP contribution is 2.41. The number of non-ortho nitro benzene ring substituents is 1. The van der Waals surface area contributed by atoms with Crippen molar-refractivity contribution in [2.45, 2.75) is 37.1 Å². The quantitative estimate of drug-likeness (QED) is 0.556. The van der Waals surface area contributed by atoms with Gasteiger partial charge in [0, 0.05) is 25.1 Å². The minimum absolute atomic E-state index is 0.0204. The Morgan fingerprint density at radius 2 is 1.83 bits per heavy atom. The number of hydrogen-bond acceptors (Lipinski definition) is 6. The van der Waals surface area contributed by atoms with Crippen LogP contribution in [0.2, 0.25) is 0 Å². The van der Waals surface area contributed by atoms with Crippen LogP contribution in [0.4, 0.5) is 5.69 Å². The van der Waals surface area contributed by atoms with Gasteiger partial charge >= 0.3 is 0 Å². The lowest BCUT2D eigenvalue weighted by molar-refractivity contribution is -0.385. The first kappa shape index (κ1) is 19.7. The molecule has 0 radical (unpaired) electrons. The fourth-order valence-electron chi connectivity index (χ4n) is 3.85. The van der Waals surface area contributed by atoms with E-state index in [0.717, 1.165) is 18.1 Å². The molecule has 0 bridgehead atoms. The molecular formula is C20H22N2O6S. The Morgan fingerprint density at radius 1 is 1.07 bits per heavy atom. The van der Waals surface area contributed by atoms with E-state index in [4.69, 9.17) is 9.47 Å². The van der Waals surface area contributed by atoms with Crippen LogP contribution in [0.3, 0.4) is 0 Å². The number of sulfonamides is 1. The predicted molar refractivity (Wildman–Crippen MR) is 106 cm³/mol. The highest BCUT2D eigenvalue weighted by Gasteiger charge is 2.38. The number of nitrogens with zero attached hydrogens (tertiary/aromatic N) is 2. The van der Waals surface area contributed by atoms with Crippen molar-refractivity contribution >= 4 is 15.7 Å². The third-order valence-corrected chi connectivity index (χ3v) is 7.38. The largest absolute Gasteiger partial charge is 0.490 e. The minimum Gasteiger partial charge on any atom is -0.490 e. The lowest BCUT2D eigenvalue weighted by Crippen LogP contribution is -2.31. The Hall–Kier alpha value is -2.65. The lowest BCUT2D eigenvalue weighted by atomic mass is 10.0. The topological polar surface area (TPSA) is 99.0 Å². The Labute approximate surface area is 169 Å². The Bertz CT molecular complexity index is 1050. The monoisotopic (exact) mass is 418 g/mol. The number of nitro benzene ring substituents is 1. The van der Waals surface area contributed by atoms with Crippen molar-refractivity contribution in [1.29, 1.82) is 0 Å². The van der Waals surface area contributed by atoms with Gasteiger partial charge in [0.15, 0.2) is 11.5 Å². The van der Waals surface area contributed by atoms with Crippen molar-refractivity contribution in [2.24, 2.45) is 0 Å². The molecule has 1 atom stereocenters. The van der Waals surface area contributed by atoms with Gasteiger partial charge in [-0.1, -0.05) is 12.1 Å². The molecule has 2 aromatic carbocycles. The van der Waals surface area contributed by atoms with Crippen LogP contribution in [-0.2, 0) is 10.0 Å². The maximum absolute atomic E-state index is 13.4. The average molecular weight is 418 g/mol. The molecule has 29 heavy (non-hydrogen) atoms. The molecule has 0 amide bonds. The second kappa shape index (κ2) is 7.64. The van der Waals surface area contributed by atoms with E-state index in [0.29, 0.717) is 49.7 Å². The lowest BCUT2D eigenvalue weighted by Gasteiger charge is -2.25. The summed E-state index contributed by atoms with van der Waals surface area (Å²) in [6, 6.07) is 9.12. The molecule has 154 valence electrons. The van der Waals surface area contributed by atoms with E-state index < -0.39 is 14.9 Å². The van der Waals surface area contributed by atoms with E-state index in [9.17, 15) is 18.5 Å². The van der Waals surface area contributed by atoms with Crippen molar-refractivity contribution in [3.05, 3.63) is 57.6 Å². The Balaban J connectivity index is 1.71. The number of ether oxygens (including phenoxy) is 2. The summed E-state index contributed by atoms with van der Waals surface area (Å²) in [5, 5.41) is 11.1. The zero-order valence-electron chi connectivity index (χ0n) is 16.0. The average Bonchev–Trinajstić information content (AvgIpc) is 3.08. The van der Waals surface area contributed by atoms with Crippen LogP contribution in [0.15, 0.2) is 41.3 Å². The third kappa shape index (κ3) is 3.67. The summed E-state index contributed by atoms with van der Waals surface area (Å²) in [5.74, 6) is 1.28. The van der Waals surface area contributed by atoms with E-state index in [1.165, 1.54) is 16.4 Å². The Kier molecular flexibility index (Phi) is 5.18. The molecule has 0 aromatic heterocycles. The van der Waals surface area contributed by atoms with Gasteiger partial charge in [0.1, 0.15) is 0 Å². The van der Waals surface area contributed by atoms with Crippen molar-refractivity contribution in [3.8, 4) is 11.5 Å².